The van der Waals surface area contributed by atoms with E-state index in [1.54, 1.807) is 19.5 Å². The van der Waals surface area contributed by atoms with Crippen LogP contribution in [0.2, 0.25) is 0 Å². The lowest BCUT2D eigenvalue weighted by molar-refractivity contribution is -0.143. The first-order chi connectivity index (χ1) is 12.5. The number of fused-ring (bicyclic) bond motifs is 1. The van der Waals surface area contributed by atoms with Crippen LogP contribution in [-0.4, -0.2) is 59.6 Å². The molecule has 0 aromatic carbocycles. The van der Waals surface area contributed by atoms with Gasteiger partial charge in [-0.05, 0) is 25.0 Å². The minimum atomic E-state index is -0.399. The number of aromatic nitrogens is 3. The third-order valence-corrected chi connectivity index (χ3v) is 4.63. The van der Waals surface area contributed by atoms with Crippen LogP contribution in [0.1, 0.15) is 24.6 Å². The van der Waals surface area contributed by atoms with Gasteiger partial charge in [0.05, 0.1) is 12.2 Å². The molecule has 1 aliphatic heterocycles. The van der Waals surface area contributed by atoms with Crippen LogP contribution >= 0.6 is 0 Å². The predicted molar refractivity (Wildman–Crippen MR) is 99.8 cm³/mol. The maximum atomic E-state index is 12.7. The van der Waals surface area contributed by atoms with Crippen LogP contribution in [-0.2, 0) is 22.5 Å². The highest BCUT2D eigenvalue weighted by atomic mass is 16.5. The van der Waals surface area contributed by atoms with Gasteiger partial charge in [-0.15, -0.1) is 0 Å². The first kappa shape index (κ1) is 18.3. The van der Waals surface area contributed by atoms with E-state index in [1.165, 1.54) is 0 Å². The lowest BCUT2D eigenvalue weighted by Crippen LogP contribution is -2.43. The van der Waals surface area contributed by atoms with Gasteiger partial charge in [0.2, 0.25) is 0 Å². The smallest absolute Gasteiger partial charge is 0.252 e. The predicted octanol–water partition coefficient (Wildman–Crippen LogP) is 1.91. The van der Waals surface area contributed by atoms with Gasteiger partial charge in [-0.1, -0.05) is 6.92 Å². The van der Waals surface area contributed by atoms with E-state index in [-0.39, 0.29) is 5.91 Å². The molecular weight excluding hydrogens is 330 g/mol. The van der Waals surface area contributed by atoms with Crippen molar-refractivity contribution in [2.24, 2.45) is 0 Å². The zero-order valence-corrected chi connectivity index (χ0v) is 15.8. The molecule has 0 bridgehead atoms. The molecule has 0 aliphatic carbocycles. The third kappa shape index (κ3) is 3.53. The first-order valence-corrected chi connectivity index (χ1v) is 8.84. The Morgan fingerprint density at radius 2 is 2.19 bits per heavy atom. The van der Waals surface area contributed by atoms with Gasteiger partial charge >= 0.3 is 0 Å². The van der Waals surface area contributed by atoms with Crippen LogP contribution in [0.5, 0.6) is 0 Å². The summed E-state index contributed by atoms with van der Waals surface area (Å²) in [7, 11) is 5.53. The van der Waals surface area contributed by atoms with Gasteiger partial charge in [0.1, 0.15) is 11.9 Å². The fourth-order valence-corrected chi connectivity index (χ4v) is 3.24. The van der Waals surface area contributed by atoms with E-state index in [0.717, 1.165) is 29.1 Å². The van der Waals surface area contributed by atoms with Gasteiger partial charge in [-0.2, -0.15) is 0 Å². The van der Waals surface area contributed by atoms with Crippen LogP contribution in [0.25, 0.3) is 11.4 Å². The number of nitrogens with zero attached hydrogens (tertiary/aromatic N) is 5. The lowest BCUT2D eigenvalue weighted by Gasteiger charge is -2.32. The van der Waals surface area contributed by atoms with E-state index in [9.17, 15) is 4.79 Å². The SMILES string of the molecule is CC[C@@H](OC)C(=O)N1CCc2c(nc(-c3cccnc3)nc2N(C)C)C1. The molecule has 2 aromatic rings. The summed E-state index contributed by atoms with van der Waals surface area (Å²) in [6, 6.07) is 3.81. The highest BCUT2D eigenvalue weighted by molar-refractivity contribution is 5.81. The van der Waals surface area contributed by atoms with Gasteiger partial charge in [0, 0.05) is 51.3 Å². The van der Waals surface area contributed by atoms with Gasteiger partial charge in [0.25, 0.3) is 5.91 Å². The lowest BCUT2D eigenvalue weighted by atomic mass is 10.0. The molecule has 2 aromatic heterocycles. The van der Waals surface area contributed by atoms with Crippen molar-refractivity contribution in [3.05, 3.63) is 35.8 Å². The van der Waals surface area contributed by atoms with Crippen molar-refractivity contribution in [3.63, 3.8) is 0 Å². The number of anilines is 1. The van der Waals surface area contributed by atoms with Gasteiger partial charge in [-0.25, -0.2) is 9.97 Å². The second-order valence-corrected chi connectivity index (χ2v) is 6.57. The first-order valence-electron chi connectivity index (χ1n) is 8.84. The molecule has 0 N–H and O–H groups in total. The summed E-state index contributed by atoms with van der Waals surface area (Å²) < 4.78 is 5.32. The monoisotopic (exact) mass is 355 g/mol. The van der Waals surface area contributed by atoms with Crippen molar-refractivity contribution < 1.29 is 9.53 Å². The maximum absolute atomic E-state index is 12.7. The van der Waals surface area contributed by atoms with Crippen molar-refractivity contribution in [1.29, 1.82) is 0 Å². The average molecular weight is 355 g/mol. The summed E-state index contributed by atoms with van der Waals surface area (Å²) in [5.74, 6) is 1.56. The molecule has 1 atom stereocenters. The van der Waals surface area contributed by atoms with Crippen molar-refractivity contribution in [2.75, 3.05) is 32.6 Å². The normalized spacial score (nSPS) is 14.7. The molecule has 0 saturated carbocycles. The summed E-state index contributed by atoms with van der Waals surface area (Å²) >= 11 is 0. The third-order valence-electron chi connectivity index (χ3n) is 4.63. The summed E-state index contributed by atoms with van der Waals surface area (Å²) in [4.78, 5) is 30.2. The molecule has 1 aliphatic rings. The quantitative estimate of drug-likeness (QED) is 0.816. The van der Waals surface area contributed by atoms with Gasteiger partial charge in [0.15, 0.2) is 5.82 Å². The molecule has 0 saturated heterocycles. The summed E-state index contributed by atoms with van der Waals surface area (Å²) in [6.45, 7) is 3.09. The molecule has 0 unspecified atom stereocenters. The highest BCUT2D eigenvalue weighted by Gasteiger charge is 2.29. The second kappa shape index (κ2) is 7.78. The molecule has 0 fully saturated rings. The Balaban J connectivity index is 1.98. The van der Waals surface area contributed by atoms with Crippen LogP contribution < -0.4 is 4.90 Å². The molecule has 3 rings (SSSR count). The molecule has 0 radical (unpaired) electrons. The van der Waals surface area contributed by atoms with Crippen LogP contribution in [0.3, 0.4) is 0 Å². The number of methoxy groups -OCH3 is 1. The van der Waals surface area contributed by atoms with E-state index in [4.69, 9.17) is 14.7 Å². The number of hydrogen-bond acceptors (Lipinski definition) is 6. The molecule has 0 spiro atoms. The number of pyridine rings is 1. The molecule has 138 valence electrons. The number of carbonyl (C=O) groups is 1. The number of carbonyl (C=O) groups excluding carboxylic acids is 1. The Morgan fingerprint density at radius 1 is 1.38 bits per heavy atom. The van der Waals surface area contributed by atoms with E-state index in [0.29, 0.717) is 25.3 Å². The zero-order valence-electron chi connectivity index (χ0n) is 15.8. The minimum Gasteiger partial charge on any atom is -0.372 e. The van der Waals surface area contributed by atoms with Crippen molar-refractivity contribution >= 4 is 11.7 Å². The standard InChI is InChI=1S/C19H25N5O2/c1-5-16(26-4)19(25)24-10-8-14-15(12-24)21-17(22-18(14)23(2)3)13-7-6-9-20-11-13/h6-7,9,11,16H,5,8,10,12H2,1-4H3/t16-/m1/s1. The topological polar surface area (TPSA) is 71.5 Å². The van der Waals surface area contributed by atoms with E-state index in [1.807, 2.05) is 43.0 Å². The second-order valence-electron chi connectivity index (χ2n) is 6.57. The number of amides is 1. The fourth-order valence-electron chi connectivity index (χ4n) is 3.24. The van der Waals surface area contributed by atoms with Crippen molar-refractivity contribution in [2.45, 2.75) is 32.4 Å². The zero-order chi connectivity index (χ0) is 18.7. The number of hydrogen-bond donors (Lipinski definition) is 0. The maximum Gasteiger partial charge on any atom is 0.252 e. The Kier molecular flexibility index (Phi) is 5.46. The molecule has 3 heterocycles. The fraction of sp³-hybridized carbons (Fsp3) is 0.474. The van der Waals surface area contributed by atoms with Crippen LogP contribution in [0.15, 0.2) is 24.5 Å². The Bertz CT molecular complexity index is 775. The summed E-state index contributed by atoms with van der Waals surface area (Å²) in [5, 5.41) is 0. The Labute approximate surface area is 154 Å². The molecule has 26 heavy (non-hydrogen) atoms. The van der Waals surface area contributed by atoms with Gasteiger partial charge in [-0.3, -0.25) is 9.78 Å². The van der Waals surface area contributed by atoms with Gasteiger partial charge < -0.3 is 14.5 Å². The molecule has 1 amide bonds. The van der Waals surface area contributed by atoms with E-state index < -0.39 is 6.10 Å². The van der Waals surface area contributed by atoms with Crippen LogP contribution in [0, 0.1) is 0 Å². The summed E-state index contributed by atoms with van der Waals surface area (Å²) in [5.41, 5.74) is 2.87. The molecule has 7 heteroatoms. The number of rotatable bonds is 5. The van der Waals surface area contributed by atoms with Crippen molar-refractivity contribution in [3.8, 4) is 11.4 Å². The highest BCUT2D eigenvalue weighted by Crippen LogP contribution is 2.28. The van der Waals surface area contributed by atoms with E-state index >= 15 is 0 Å². The van der Waals surface area contributed by atoms with Crippen LogP contribution in [0.4, 0.5) is 5.82 Å². The number of ether oxygens (including phenoxy) is 1. The largest absolute Gasteiger partial charge is 0.372 e. The average Bonchev–Trinajstić information content (AvgIpc) is 2.68. The minimum absolute atomic E-state index is 0.0218. The Morgan fingerprint density at radius 3 is 2.81 bits per heavy atom. The molecule has 7 nitrogen and oxygen atoms in total. The van der Waals surface area contributed by atoms with Crippen molar-refractivity contribution in [1.82, 2.24) is 19.9 Å². The molecular formula is C19H25N5O2. The Hall–Kier alpha value is -2.54. The van der Waals surface area contributed by atoms with E-state index in [2.05, 4.69) is 4.98 Å². The summed E-state index contributed by atoms with van der Waals surface area (Å²) in [6.07, 6.45) is 4.48.